The maximum absolute atomic E-state index is 11.6. The second kappa shape index (κ2) is 8.37. The van der Waals surface area contributed by atoms with E-state index in [1.807, 2.05) is 6.07 Å². The first-order chi connectivity index (χ1) is 12.8. The van der Waals surface area contributed by atoms with Gasteiger partial charge in [-0.25, -0.2) is 0 Å². The SMILES string of the molecule is O=C1C[C@@H]2CN(Cc3ccccc3OCCN3CCOCC3)CC[C@@H]2N1. The van der Waals surface area contributed by atoms with Crippen LogP contribution in [0, 0.1) is 5.92 Å². The Morgan fingerprint density at radius 2 is 2.00 bits per heavy atom. The average Bonchev–Trinajstić information content (AvgIpc) is 3.03. The molecule has 0 spiro atoms. The van der Waals surface area contributed by atoms with Crippen molar-refractivity contribution in [3.05, 3.63) is 29.8 Å². The summed E-state index contributed by atoms with van der Waals surface area (Å²) in [5.41, 5.74) is 1.24. The number of fused-ring (bicyclic) bond motifs is 1. The molecule has 3 saturated heterocycles. The van der Waals surface area contributed by atoms with Crippen molar-refractivity contribution in [3.8, 4) is 5.75 Å². The van der Waals surface area contributed by atoms with Crippen LogP contribution in [0.2, 0.25) is 0 Å². The van der Waals surface area contributed by atoms with E-state index < -0.39 is 0 Å². The van der Waals surface area contributed by atoms with Crippen molar-refractivity contribution in [3.63, 3.8) is 0 Å². The third kappa shape index (κ3) is 4.37. The Morgan fingerprint density at radius 1 is 1.15 bits per heavy atom. The van der Waals surface area contributed by atoms with Crippen LogP contribution >= 0.6 is 0 Å². The van der Waals surface area contributed by atoms with Gasteiger partial charge in [-0.1, -0.05) is 18.2 Å². The monoisotopic (exact) mass is 359 g/mol. The van der Waals surface area contributed by atoms with Gasteiger partial charge in [-0.3, -0.25) is 14.6 Å². The maximum atomic E-state index is 11.6. The van der Waals surface area contributed by atoms with Gasteiger partial charge in [0.1, 0.15) is 12.4 Å². The van der Waals surface area contributed by atoms with Gasteiger partial charge in [0.2, 0.25) is 5.91 Å². The predicted molar refractivity (Wildman–Crippen MR) is 99.1 cm³/mol. The lowest BCUT2D eigenvalue weighted by Gasteiger charge is -2.34. The molecule has 0 saturated carbocycles. The standard InChI is InChI=1S/C20H29N3O3/c24-20-13-17-15-23(6-5-18(17)21-20)14-16-3-1-2-4-19(16)26-12-9-22-7-10-25-11-8-22/h1-4,17-18H,5-15H2,(H,21,24)/t17-,18+/m1/s1. The Morgan fingerprint density at radius 3 is 2.88 bits per heavy atom. The van der Waals surface area contributed by atoms with Gasteiger partial charge < -0.3 is 14.8 Å². The molecule has 6 nitrogen and oxygen atoms in total. The lowest BCUT2D eigenvalue weighted by Crippen LogP contribution is -2.44. The summed E-state index contributed by atoms with van der Waals surface area (Å²) in [6, 6.07) is 8.74. The second-order valence-corrected chi connectivity index (χ2v) is 7.57. The Hall–Kier alpha value is -1.63. The molecule has 1 aromatic carbocycles. The van der Waals surface area contributed by atoms with E-state index in [4.69, 9.17) is 9.47 Å². The molecular weight excluding hydrogens is 330 g/mol. The lowest BCUT2D eigenvalue weighted by atomic mass is 9.93. The van der Waals surface area contributed by atoms with Gasteiger partial charge in [0.15, 0.2) is 0 Å². The van der Waals surface area contributed by atoms with Crippen molar-refractivity contribution < 1.29 is 14.3 Å². The Labute approximate surface area is 155 Å². The minimum atomic E-state index is 0.216. The largest absolute Gasteiger partial charge is 0.492 e. The van der Waals surface area contributed by atoms with Crippen LogP contribution in [-0.2, 0) is 16.1 Å². The first-order valence-corrected chi connectivity index (χ1v) is 9.80. The molecule has 1 amide bonds. The molecule has 0 bridgehead atoms. The van der Waals surface area contributed by atoms with Crippen LogP contribution < -0.4 is 10.1 Å². The van der Waals surface area contributed by atoms with Crippen molar-refractivity contribution >= 4 is 5.91 Å². The summed E-state index contributed by atoms with van der Waals surface area (Å²) < 4.78 is 11.5. The molecule has 26 heavy (non-hydrogen) atoms. The summed E-state index contributed by atoms with van der Waals surface area (Å²) >= 11 is 0. The zero-order valence-corrected chi connectivity index (χ0v) is 15.4. The number of morpholine rings is 1. The van der Waals surface area contributed by atoms with E-state index in [0.29, 0.717) is 25.0 Å². The van der Waals surface area contributed by atoms with E-state index in [1.165, 1.54) is 5.56 Å². The number of carbonyl (C=O) groups is 1. The molecule has 3 aliphatic rings. The van der Waals surface area contributed by atoms with E-state index in [0.717, 1.165) is 64.7 Å². The fourth-order valence-electron chi connectivity index (χ4n) is 4.28. The van der Waals surface area contributed by atoms with Crippen LogP contribution in [0.1, 0.15) is 18.4 Å². The number of ether oxygens (including phenoxy) is 2. The number of nitrogens with one attached hydrogen (secondary N) is 1. The number of para-hydroxylation sites is 1. The van der Waals surface area contributed by atoms with Crippen molar-refractivity contribution in [1.82, 2.24) is 15.1 Å². The summed E-state index contributed by atoms with van der Waals surface area (Å²) in [7, 11) is 0. The summed E-state index contributed by atoms with van der Waals surface area (Å²) in [5.74, 6) is 1.67. The fraction of sp³-hybridized carbons (Fsp3) is 0.650. The molecule has 4 rings (SSSR count). The topological polar surface area (TPSA) is 54.0 Å². The van der Waals surface area contributed by atoms with Crippen LogP contribution in [0.15, 0.2) is 24.3 Å². The smallest absolute Gasteiger partial charge is 0.220 e. The quantitative estimate of drug-likeness (QED) is 0.825. The number of hydrogen-bond donors (Lipinski definition) is 1. The molecule has 1 aromatic rings. The average molecular weight is 359 g/mol. The number of rotatable bonds is 6. The molecule has 1 N–H and O–H groups in total. The third-order valence-corrected chi connectivity index (χ3v) is 5.75. The zero-order valence-electron chi connectivity index (χ0n) is 15.4. The second-order valence-electron chi connectivity index (χ2n) is 7.57. The maximum Gasteiger partial charge on any atom is 0.220 e. The minimum Gasteiger partial charge on any atom is -0.492 e. The molecule has 0 aromatic heterocycles. The summed E-state index contributed by atoms with van der Waals surface area (Å²) in [4.78, 5) is 16.5. The Bertz CT molecular complexity index is 618. The van der Waals surface area contributed by atoms with Crippen molar-refractivity contribution in [2.75, 3.05) is 52.5 Å². The van der Waals surface area contributed by atoms with Gasteiger partial charge in [0.05, 0.1) is 13.2 Å². The normalized spacial score (nSPS) is 27.2. The molecule has 3 aliphatic heterocycles. The molecule has 3 heterocycles. The van der Waals surface area contributed by atoms with E-state index in [1.54, 1.807) is 0 Å². The number of likely N-dealkylation sites (tertiary alicyclic amines) is 1. The number of nitrogens with zero attached hydrogens (tertiary/aromatic N) is 2. The first kappa shape index (κ1) is 17.8. The third-order valence-electron chi connectivity index (χ3n) is 5.75. The highest BCUT2D eigenvalue weighted by molar-refractivity contribution is 5.79. The molecule has 0 unspecified atom stereocenters. The summed E-state index contributed by atoms with van der Waals surface area (Å²) in [6.07, 6.45) is 1.73. The molecule has 3 fully saturated rings. The van der Waals surface area contributed by atoms with Crippen LogP contribution in [0.25, 0.3) is 0 Å². The van der Waals surface area contributed by atoms with Crippen LogP contribution in [0.3, 0.4) is 0 Å². The van der Waals surface area contributed by atoms with E-state index in [-0.39, 0.29) is 5.91 Å². The fourth-order valence-corrected chi connectivity index (χ4v) is 4.28. The van der Waals surface area contributed by atoms with Crippen LogP contribution in [0.4, 0.5) is 0 Å². The number of hydrogen-bond acceptors (Lipinski definition) is 5. The van der Waals surface area contributed by atoms with Crippen molar-refractivity contribution in [2.45, 2.75) is 25.4 Å². The van der Waals surface area contributed by atoms with Gasteiger partial charge in [0, 0.05) is 63.2 Å². The van der Waals surface area contributed by atoms with Crippen molar-refractivity contribution in [2.24, 2.45) is 5.92 Å². The van der Waals surface area contributed by atoms with Gasteiger partial charge in [-0.15, -0.1) is 0 Å². The number of amides is 1. The molecule has 0 aliphatic carbocycles. The van der Waals surface area contributed by atoms with Crippen LogP contribution in [-0.4, -0.2) is 74.3 Å². The highest BCUT2D eigenvalue weighted by atomic mass is 16.5. The van der Waals surface area contributed by atoms with Gasteiger partial charge in [-0.2, -0.15) is 0 Å². The summed E-state index contributed by atoms with van der Waals surface area (Å²) in [5, 5.41) is 3.11. The van der Waals surface area contributed by atoms with Crippen LogP contribution in [0.5, 0.6) is 5.75 Å². The zero-order chi connectivity index (χ0) is 17.8. The molecular formula is C20H29N3O3. The Balaban J connectivity index is 1.30. The molecule has 0 radical (unpaired) electrons. The number of piperidine rings is 1. The van der Waals surface area contributed by atoms with Gasteiger partial charge in [0.25, 0.3) is 0 Å². The highest BCUT2D eigenvalue weighted by Crippen LogP contribution is 2.28. The number of benzene rings is 1. The van der Waals surface area contributed by atoms with E-state index in [2.05, 4.69) is 33.3 Å². The van der Waals surface area contributed by atoms with E-state index >= 15 is 0 Å². The summed E-state index contributed by atoms with van der Waals surface area (Å²) in [6.45, 7) is 8.21. The Kier molecular flexibility index (Phi) is 5.72. The predicted octanol–water partition coefficient (Wildman–Crippen LogP) is 1.11. The highest BCUT2D eigenvalue weighted by Gasteiger charge is 2.36. The number of carbonyl (C=O) groups excluding carboxylic acids is 1. The lowest BCUT2D eigenvalue weighted by molar-refractivity contribution is -0.119. The van der Waals surface area contributed by atoms with E-state index in [9.17, 15) is 4.79 Å². The molecule has 2 atom stereocenters. The van der Waals surface area contributed by atoms with Gasteiger partial charge >= 0.3 is 0 Å². The minimum absolute atomic E-state index is 0.216. The van der Waals surface area contributed by atoms with Gasteiger partial charge in [-0.05, 0) is 12.5 Å². The van der Waals surface area contributed by atoms with Crippen molar-refractivity contribution in [1.29, 1.82) is 0 Å². The first-order valence-electron chi connectivity index (χ1n) is 9.80. The molecule has 142 valence electrons. The molecule has 6 heteroatoms.